The summed E-state index contributed by atoms with van der Waals surface area (Å²) in [5.41, 5.74) is 2.51. The van der Waals surface area contributed by atoms with Crippen molar-refractivity contribution in [1.29, 1.82) is 0 Å². The van der Waals surface area contributed by atoms with E-state index in [-0.39, 0.29) is 0 Å². The monoisotopic (exact) mass is 261 g/mol. The van der Waals surface area contributed by atoms with E-state index < -0.39 is 0 Å². The maximum Gasteiger partial charge on any atom is 0.165 e. The van der Waals surface area contributed by atoms with Crippen LogP contribution in [0.3, 0.4) is 0 Å². The van der Waals surface area contributed by atoms with Gasteiger partial charge in [0, 0.05) is 11.5 Å². The number of likely N-dealkylation sites (tertiary alicyclic amines) is 1. The van der Waals surface area contributed by atoms with Gasteiger partial charge >= 0.3 is 0 Å². The molecule has 1 aromatic rings. The van der Waals surface area contributed by atoms with Crippen molar-refractivity contribution in [2.45, 2.75) is 38.6 Å². The quantitative estimate of drug-likeness (QED) is 0.817. The Morgan fingerprint density at radius 3 is 3.05 bits per heavy atom. The molecule has 3 nitrogen and oxygen atoms in total. The first kappa shape index (κ1) is 12.8. The molecular formula is C16H23NO2. The van der Waals surface area contributed by atoms with Crippen LogP contribution in [-0.4, -0.2) is 37.7 Å². The van der Waals surface area contributed by atoms with E-state index in [0.717, 1.165) is 18.1 Å². The summed E-state index contributed by atoms with van der Waals surface area (Å²) in [5, 5.41) is 0. The van der Waals surface area contributed by atoms with E-state index in [1.165, 1.54) is 30.5 Å². The Hall–Kier alpha value is -1.22. The normalized spacial score (nSPS) is 26.3. The minimum atomic E-state index is 0.526. The van der Waals surface area contributed by atoms with E-state index in [2.05, 4.69) is 31.0 Å². The van der Waals surface area contributed by atoms with Crippen molar-refractivity contribution in [3.8, 4) is 11.5 Å². The number of piperidine rings is 1. The van der Waals surface area contributed by atoms with Crippen LogP contribution in [0.4, 0.5) is 0 Å². The van der Waals surface area contributed by atoms with Crippen LogP contribution in [0.15, 0.2) is 12.1 Å². The first-order valence-electron chi connectivity index (χ1n) is 7.31. The van der Waals surface area contributed by atoms with Crippen LogP contribution >= 0.6 is 0 Å². The van der Waals surface area contributed by atoms with Crippen molar-refractivity contribution in [2.24, 2.45) is 0 Å². The molecule has 0 spiro atoms. The molecule has 0 amide bonds. The fourth-order valence-electron chi connectivity index (χ4n) is 3.44. The van der Waals surface area contributed by atoms with Gasteiger partial charge in [0.15, 0.2) is 11.5 Å². The van der Waals surface area contributed by atoms with E-state index in [1.807, 2.05) is 6.92 Å². The molecular weight excluding hydrogens is 238 g/mol. The molecule has 0 unspecified atom stereocenters. The highest BCUT2D eigenvalue weighted by atomic mass is 16.5. The van der Waals surface area contributed by atoms with Crippen molar-refractivity contribution in [3.05, 3.63) is 23.3 Å². The lowest BCUT2D eigenvalue weighted by atomic mass is 9.81. The van der Waals surface area contributed by atoms with Crippen LogP contribution in [0.2, 0.25) is 0 Å². The average Bonchev–Trinajstić information content (AvgIpc) is 2.42. The Labute approximate surface area is 115 Å². The lowest BCUT2D eigenvalue weighted by molar-refractivity contribution is 0.0841. The number of likely N-dealkylation sites (N-methyl/N-ethyl adjacent to an activating group) is 1. The van der Waals surface area contributed by atoms with E-state index in [9.17, 15) is 0 Å². The highest BCUT2D eigenvalue weighted by Crippen LogP contribution is 2.46. The van der Waals surface area contributed by atoms with E-state index in [1.54, 1.807) is 0 Å². The first-order chi connectivity index (χ1) is 9.22. The standard InChI is InChI=1S/C16H23NO2/c1-4-18-15-11(2)7-8-13-12-6-5-9-17(3)14(12)10-19-16(13)15/h7-8,12,14H,4-6,9-10H2,1-3H3/t12-,14-/m0/s1. The van der Waals surface area contributed by atoms with Crippen LogP contribution in [0.5, 0.6) is 11.5 Å². The van der Waals surface area contributed by atoms with Crippen LogP contribution in [0, 0.1) is 6.92 Å². The first-order valence-corrected chi connectivity index (χ1v) is 7.31. The van der Waals surface area contributed by atoms with Crippen molar-refractivity contribution < 1.29 is 9.47 Å². The SMILES string of the molecule is CCOc1c(C)ccc2c1OC[C@H]1[C@H]2CCCN1C. The summed E-state index contributed by atoms with van der Waals surface area (Å²) in [5.74, 6) is 2.55. The van der Waals surface area contributed by atoms with E-state index >= 15 is 0 Å². The number of fused-ring (bicyclic) bond motifs is 3. The number of ether oxygens (including phenoxy) is 2. The minimum absolute atomic E-state index is 0.526. The van der Waals surface area contributed by atoms with Gasteiger partial charge < -0.3 is 9.47 Å². The second kappa shape index (κ2) is 5.04. The van der Waals surface area contributed by atoms with Gasteiger partial charge in [-0.05, 0) is 45.8 Å². The number of hydrogen-bond acceptors (Lipinski definition) is 3. The smallest absolute Gasteiger partial charge is 0.165 e. The van der Waals surface area contributed by atoms with Gasteiger partial charge in [-0.25, -0.2) is 0 Å². The lowest BCUT2D eigenvalue weighted by Crippen LogP contribution is -2.47. The minimum Gasteiger partial charge on any atom is -0.490 e. The summed E-state index contributed by atoms with van der Waals surface area (Å²) in [6.07, 6.45) is 2.54. The zero-order valence-electron chi connectivity index (χ0n) is 12.1. The zero-order chi connectivity index (χ0) is 13.4. The van der Waals surface area contributed by atoms with Gasteiger partial charge in [-0.2, -0.15) is 0 Å². The van der Waals surface area contributed by atoms with Crippen molar-refractivity contribution in [2.75, 3.05) is 26.8 Å². The van der Waals surface area contributed by atoms with Crippen molar-refractivity contribution in [1.82, 2.24) is 4.90 Å². The predicted molar refractivity (Wildman–Crippen MR) is 76.2 cm³/mol. The Balaban J connectivity index is 2.02. The molecule has 0 aliphatic carbocycles. The Kier molecular flexibility index (Phi) is 3.40. The van der Waals surface area contributed by atoms with Gasteiger partial charge in [0.2, 0.25) is 0 Å². The van der Waals surface area contributed by atoms with Gasteiger partial charge in [0.1, 0.15) is 6.61 Å². The molecule has 0 aromatic heterocycles. The topological polar surface area (TPSA) is 21.7 Å². The molecule has 3 heteroatoms. The Morgan fingerprint density at radius 1 is 1.42 bits per heavy atom. The molecule has 1 saturated heterocycles. The van der Waals surface area contributed by atoms with Crippen LogP contribution < -0.4 is 9.47 Å². The number of aryl methyl sites for hydroxylation is 1. The highest BCUT2D eigenvalue weighted by Gasteiger charge is 2.37. The molecule has 0 saturated carbocycles. The molecule has 1 aromatic carbocycles. The number of benzene rings is 1. The molecule has 1 fully saturated rings. The van der Waals surface area contributed by atoms with Crippen molar-refractivity contribution in [3.63, 3.8) is 0 Å². The maximum atomic E-state index is 6.06. The van der Waals surface area contributed by atoms with Crippen molar-refractivity contribution >= 4 is 0 Å². The van der Waals surface area contributed by atoms with Crippen LogP contribution in [-0.2, 0) is 0 Å². The average molecular weight is 261 g/mol. The third kappa shape index (κ3) is 2.10. The second-order valence-electron chi connectivity index (χ2n) is 5.67. The number of hydrogen-bond donors (Lipinski definition) is 0. The molecule has 2 atom stereocenters. The lowest BCUT2D eigenvalue weighted by Gasteiger charge is -2.43. The molecule has 0 bridgehead atoms. The Bertz CT molecular complexity index is 472. The summed E-state index contributed by atoms with van der Waals surface area (Å²) in [7, 11) is 2.21. The van der Waals surface area contributed by atoms with Gasteiger partial charge in [-0.3, -0.25) is 4.90 Å². The number of nitrogens with zero attached hydrogens (tertiary/aromatic N) is 1. The molecule has 2 aliphatic rings. The fourth-order valence-corrected chi connectivity index (χ4v) is 3.44. The largest absolute Gasteiger partial charge is 0.490 e. The second-order valence-corrected chi connectivity index (χ2v) is 5.67. The molecule has 19 heavy (non-hydrogen) atoms. The highest BCUT2D eigenvalue weighted by molar-refractivity contribution is 5.54. The summed E-state index contributed by atoms with van der Waals surface area (Å²) in [6.45, 7) is 6.78. The number of rotatable bonds is 2. The van der Waals surface area contributed by atoms with Gasteiger partial charge in [0.05, 0.1) is 12.6 Å². The zero-order valence-corrected chi connectivity index (χ0v) is 12.1. The van der Waals surface area contributed by atoms with Gasteiger partial charge in [0.25, 0.3) is 0 Å². The van der Waals surface area contributed by atoms with E-state index in [0.29, 0.717) is 18.6 Å². The molecule has 3 rings (SSSR count). The molecule has 0 radical (unpaired) electrons. The molecule has 104 valence electrons. The van der Waals surface area contributed by atoms with Crippen LogP contribution in [0.25, 0.3) is 0 Å². The van der Waals surface area contributed by atoms with Crippen LogP contribution in [0.1, 0.15) is 36.8 Å². The summed E-state index contributed by atoms with van der Waals surface area (Å²) < 4.78 is 11.9. The third-order valence-electron chi connectivity index (χ3n) is 4.48. The predicted octanol–water partition coefficient (Wildman–Crippen LogP) is 2.96. The summed E-state index contributed by atoms with van der Waals surface area (Å²) in [4.78, 5) is 2.44. The van der Waals surface area contributed by atoms with E-state index in [4.69, 9.17) is 9.47 Å². The summed E-state index contributed by atoms with van der Waals surface area (Å²) >= 11 is 0. The Morgan fingerprint density at radius 2 is 2.26 bits per heavy atom. The molecule has 2 aliphatic heterocycles. The van der Waals surface area contributed by atoms with Gasteiger partial charge in [-0.1, -0.05) is 12.1 Å². The summed E-state index contributed by atoms with van der Waals surface area (Å²) in [6, 6.07) is 4.94. The third-order valence-corrected chi connectivity index (χ3v) is 4.48. The van der Waals surface area contributed by atoms with Gasteiger partial charge in [-0.15, -0.1) is 0 Å². The fraction of sp³-hybridized carbons (Fsp3) is 0.625. The molecule has 0 N–H and O–H groups in total. The maximum absolute atomic E-state index is 6.06. The molecule has 2 heterocycles.